The lowest BCUT2D eigenvalue weighted by molar-refractivity contribution is -0.161. The minimum atomic E-state index is -4.93. The molecule has 17 nitrogen and oxygen atoms in total. The van der Waals surface area contributed by atoms with Crippen molar-refractivity contribution in [2.75, 3.05) is 39.6 Å². The van der Waals surface area contributed by atoms with Crippen LogP contribution in [0.5, 0.6) is 0 Å². The quantitative estimate of drug-likeness (QED) is 0.0222. The SMILES string of the molecule is CCCCCCCCCCCCC(=O)OC[C@H](COP(=O)(O)OC[C@@H](O)COP(=O)(O)OC[C@@H](COC(=O)CCCCCCC)OC(=O)CCCCCCCCCC)OC(=O)CCCCCCCCCCC(C)C. The van der Waals surface area contributed by atoms with Crippen LogP contribution in [0.25, 0.3) is 0 Å². The van der Waals surface area contributed by atoms with E-state index in [1.54, 1.807) is 0 Å². The molecule has 0 aliphatic rings. The number of aliphatic hydroxyl groups excluding tert-OH is 1. The second kappa shape index (κ2) is 49.4. The highest BCUT2D eigenvalue weighted by atomic mass is 31.2. The molecule has 0 radical (unpaired) electrons. The van der Waals surface area contributed by atoms with Gasteiger partial charge in [0.25, 0.3) is 0 Å². The Labute approximate surface area is 447 Å². The maximum Gasteiger partial charge on any atom is 0.472 e. The van der Waals surface area contributed by atoms with Crippen molar-refractivity contribution >= 4 is 39.5 Å². The van der Waals surface area contributed by atoms with E-state index in [1.165, 1.54) is 77.0 Å². The van der Waals surface area contributed by atoms with Crippen LogP contribution in [0, 0.1) is 5.92 Å². The lowest BCUT2D eigenvalue weighted by Gasteiger charge is -2.21. The lowest BCUT2D eigenvalue weighted by Crippen LogP contribution is -2.30. The van der Waals surface area contributed by atoms with Crippen LogP contribution >= 0.6 is 15.6 Å². The van der Waals surface area contributed by atoms with E-state index in [0.29, 0.717) is 25.7 Å². The summed E-state index contributed by atoms with van der Waals surface area (Å²) >= 11 is 0. The number of carbonyl (C=O) groups is 4. The zero-order valence-electron chi connectivity index (χ0n) is 47.0. The summed E-state index contributed by atoms with van der Waals surface area (Å²) in [7, 11) is -9.85. The van der Waals surface area contributed by atoms with Gasteiger partial charge in [0.1, 0.15) is 19.3 Å². The smallest absolute Gasteiger partial charge is 0.462 e. The van der Waals surface area contributed by atoms with Gasteiger partial charge < -0.3 is 33.8 Å². The number of aliphatic hydroxyl groups is 1. The number of rotatable bonds is 55. The highest BCUT2D eigenvalue weighted by molar-refractivity contribution is 7.47. The van der Waals surface area contributed by atoms with Crippen LogP contribution in [-0.2, 0) is 65.4 Å². The number of carbonyl (C=O) groups excluding carboxylic acids is 4. The average Bonchev–Trinajstić information content (AvgIpc) is 3.36. The number of ether oxygens (including phenoxy) is 4. The fourth-order valence-electron chi connectivity index (χ4n) is 7.99. The topological polar surface area (TPSA) is 237 Å². The maximum atomic E-state index is 12.9. The van der Waals surface area contributed by atoms with Crippen molar-refractivity contribution in [3.8, 4) is 0 Å². The van der Waals surface area contributed by atoms with Gasteiger partial charge in [-0.3, -0.25) is 37.3 Å². The molecule has 0 heterocycles. The second-order valence-electron chi connectivity index (χ2n) is 20.4. The van der Waals surface area contributed by atoms with Crippen LogP contribution in [0.15, 0.2) is 0 Å². The van der Waals surface area contributed by atoms with E-state index in [2.05, 4.69) is 34.6 Å². The molecule has 74 heavy (non-hydrogen) atoms. The zero-order valence-corrected chi connectivity index (χ0v) is 48.7. The standard InChI is InChI=1S/C55H106O17P2/c1-6-9-12-15-17-19-20-25-29-34-39-53(58)66-45-51(72-55(60)41-36-31-26-22-21-23-28-32-37-48(4)5)47-70-74(63,64)68-43-49(56)42-67-73(61,62)69-46-50(44-65-52(57)38-33-27-14-11-8-3)71-54(59)40-35-30-24-18-16-13-10-7-2/h48-51,56H,6-47H2,1-5H3,(H,61,62)(H,63,64)/t49-,50+,51+/m0/s1. The molecule has 0 aromatic rings. The molecule has 0 spiro atoms. The molecule has 0 saturated heterocycles. The first kappa shape index (κ1) is 72.1. The third kappa shape index (κ3) is 49.6. The van der Waals surface area contributed by atoms with E-state index >= 15 is 0 Å². The Morgan fingerprint density at radius 2 is 0.622 bits per heavy atom. The molecule has 0 rings (SSSR count). The first-order valence-electron chi connectivity index (χ1n) is 29.1. The first-order valence-corrected chi connectivity index (χ1v) is 32.1. The molecule has 0 aliphatic heterocycles. The van der Waals surface area contributed by atoms with E-state index in [9.17, 15) is 43.2 Å². The monoisotopic (exact) mass is 1100 g/mol. The minimum Gasteiger partial charge on any atom is -0.462 e. The molecular formula is C55H106O17P2. The fraction of sp³-hybridized carbons (Fsp3) is 0.927. The number of esters is 4. The van der Waals surface area contributed by atoms with Crippen LogP contribution < -0.4 is 0 Å². The van der Waals surface area contributed by atoms with Crippen molar-refractivity contribution in [1.82, 2.24) is 0 Å². The Hall–Kier alpha value is -1.94. The summed E-state index contributed by atoms with van der Waals surface area (Å²) in [4.78, 5) is 71.4. The van der Waals surface area contributed by atoms with Crippen LogP contribution in [0.1, 0.15) is 266 Å². The van der Waals surface area contributed by atoms with Gasteiger partial charge in [-0.05, 0) is 31.6 Å². The van der Waals surface area contributed by atoms with Crippen molar-refractivity contribution in [3.05, 3.63) is 0 Å². The third-order valence-corrected chi connectivity index (χ3v) is 14.4. The average molecular weight is 1100 g/mol. The predicted octanol–water partition coefficient (Wildman–Crippen LogP) is 14.3. The molecule has 19 heteroatoms. The Kier molecular flexibility index (Phi) is 48.1. The summed E-state index contributed by atoms with van der Waals surface area (Å²) in [6, 6.07) is 0. The second-order valence-corrected chi connectivity index (χ2v) is 23.4. The summed E-state index contributed by atoms with van der Waals surface area (Å²) in [5.41, 5.74) is 0. The van der Waals surface area contributed by atoms with Crippen LogP contribution in [0.4, 0.5) is 0 Å². The highest BCUT2D eigenvalue weighted by Gasteiger charge is 2.30. The summed E-state index contributed by atoms with van der Waals surface area (Å²) in [5, 5.41) is 10.4. The van der Waals surface area contributed by atoms with Crippen molar-refractivity contribution in [2.24, 2.45) is 5.92 Å². The van der Waals surface area contributed by atoms with Crippen molar-refractivity contribution in [3.63, 3.8) is 0 Å². The van der Waals surface area contributed by atoms with E-state index < -0.39 is 97.5 Å². The molecule has 438 valence electrons. The maximum absolute atomic E-state index is 12.9. The minimum absolute atomic E-state index is 0.104. The normalized spacial score (nSPS) is 14.5. The van der Waals surface area contributed by atoms with Gasteiger partial charge in [-0.15, -0.1) is 0 Å². The molecule has 0 fully saturated rings. The van der Waals surface area contributed by atoms with E-state index in [-0.39, 0.29) is 25.7 Å². The number of hydrogen-bond acceptors (Lipinski definition) is 15. The Bertz CT molecular complexity index is 1470. The number of phosphoric acid groups is 2. The Balaban J connectivity index is 5.18. The molecule has 0 aromatic heterocycles. The summed E-state index contributed by atoms with van der Waals surface area (Å²) in [6.45, 7) is 6.96. The van der Waals surface area contributed by atoms with Gasteiger partial charge in [0.05, 0.1) is 26.4 Å². The zero-order chi connectivity index (χ0) is 55.0. The van der Waals surface area contributed by atoms with Crippen molar-refractivity contribution in [1.29, 1.82) is 0 Å². The predicted molar refractivity (Wildman–Crippen MR) is 289 cm³/mol. The molecule has 0 amide bonds. The van der Waals surface area contributed by atoms with Gasteiger partial charge >= 0.3 is 39.5 Å². The van der Waals surface area contributed by atoms with E-state index in [1.807, 2.05) is 0 Å². The van der Waals surface area contributed by atoms with Gasteiger partial charge in [0, 0.05) is 25.7 Å². The van der Waals surface area contributed by atoms with Crippen LogP contribution in [0.3, 0.4) is 0 Å². The molecule has 0 aliphatic carbocycles. The molecule has 0 bridgehead atoms. The largest absolute Gasteiger partial charge is 0.472 e. The number of hydrogen-bond donors (Lipinski definition) is 3. The summed E-state index contributed by atoms with van der Waals surface area (Å²) in [5.74, 6) is -1.44. The van der Waals surface area contributed by atoms with Crippen molar-refractivity contribution in [2.45, 2.75) is 284 Å². The highest BCUT2D eigenvalue weighted by Crippen LogP contribution is 2.45. The van der Waals surface area contributed by atoms with E-state index in [4.69, 9.17) is 37.0 Å². The van der Waals surface area contributed by atoms with Gasteiger partial charge in [-0.1, -0.05) is 214 Å². The van der Waals surface area contributed by atoms with Gasteiger partial charge in [0.15, 0.2) is 12.2 Å². The molecule has 2 unspecified atom stereocenters. The summed E-state index contributed by atoms with van der Waals surface area (Å²) in [6.07, 6.45) is 29.8. The van der Waals surface area contributed by atoms with Gasteiger partial charge in [0.2, 0.25) is 0 Å². The summed E-state index contributed by atoms with van der Waals surface area (Å²) < 4.78 is 67.3. The van der Waals surface area contributed by atoms with Gasteiger partial charge in [-0.25, -0.2) is 9.13 Å². The molecule has 5 atom stereocenters. The Morgan fingerprint density at radius 3 is 0.919 bits per heavy atom. The van der Waals surface area contributed by atoms with Crippen LogP contribution in [0.2, 0.25) is 0 Å². The van der Waals surface area contributed by atoms with Gasteiger partial charge in [-0.2, -0.15) is 0 Å². The molecule has 3 N–H and O–H groups in total. The van der Waals surface area contributed by atoms with Crippen molar-refractivity contribution < 1.29 is 80.2 Å². The molecule has 0 saturated carbocycles. The molecular weight excluding hydrogens is 995 g/mol. The number of unbranched alkanes of at least 4 members (excludes halogenated alkanes) is 27. The van der Waals surface area contributed by atoms with E-state index in [0.717, 1.165) is 109 Å². The Morgan fingerprint density at radius 1 is 0.365 bits per heavy atom. The number of phosphoric ester groups is 2. The molecule has 0 aromatic carbocycles. The first-order chi connectivity index (χ1) is 35.5. The van der Waals surface area contributed by atoms with Crippen LogP contribution in [-0.4, -0.2) is 96.7 Å². The lowest BCUT2D eigenvalue weighted by atomic mass is 10.0. The fourth-order valence-corrected chi connectivity index (χ4v) is 9.57. The third-order valence-electron chi connectivity index (χ3n) is 12.5.